The Morgan fingerprint density at radius 1 is 1.24 bits per heavy atom. The van der Waals surface area contributed by atoms with Crippen molar-refractivity contribution in [1.82, 2.24) is 10.2 Å². The molecule has 136 valence electrons. The van der Waals surface area contributed by atoms with E-state index in [0.717, 1.165) is 23.1 Å². The highest BCUT2D eigenvalue weighted by Gasteiger charge is 2.49. The minimum absolute atomic E-state index is 0.0656. The lowest BCUT2D eigenvalue weighted by Crippen LogP contribution is -2.46. The quantitative estimate of drug-likeness (QED) is 0.796. The molecule has 0 spiro atoms. The first kappa shape index (κ1) is 18.8. The summed E-state index contributed by atoms with van der Waals surface area (Å²) in [5.74, 6) is -1.27. The van der Waals surface area contributed by atoms with Gasteiger partial charge in [0, 0.05) is 5.69 Å². The molecule has 0 radical (unpaired) electrons. The Hall–Kier alpha value is -2.58. The molecule has 0 unspecified atom stereocenters. The fourth-order valence-corrected chi connectivity index (χ4v) is 2.67. The monoisotopic (exact) mass is 357 g/mol. The predicted octanol–water partition coefficient (Wildman–Crippen LogP) is 2.75. The lowest BCUT2D eigenvalue weighted by molar-refractivity contribution is -0.137. The molecule has 9 heteroatoms. The van der Waals surface area contributed by atoms with E-state index in [1.54, 1.807) is 13.8 Å². The van der Waals surface area contributed by atoms with Gasteiger partial charge in [-0.3, -0.25) is 14.5 Å². The van der Waals surface area contributed by atoms with Gasteiger partial charge in [0.25, 0.3) is 5.91 Å². The molecule has 1 heterocycles. The molecule has 1 fully saturated rings. The highest BCUT2D eigenvalue weighted by Crippen LogP contribution is 2.30. The third-order valence-electron chi connectivity index (χ3n) is 4.23. The maximum absolute atomic E-state index is 12.7. The molecule has 1 aliphatic rings. The van der Waals surface area contributed by atoms with E-state index >= 15 is 0 Å². The third kappa shape index (κ3) is 3.75. The summed E-state index contributed by atoms with van der Waals surface area (Å²) < 4.78 is 38.0. The Morgan fingerprint density at radius 2 is 1.88 bits per heavy atom. The second kappa shape index (κ2) is 6.73. The number of anilines is 1. The third-order valence-corrected chi connectivity index (χ3v) is 4.23. The fraction of sp³-hybridized carbons (Fsp3) is 0.438. The Morgan fingerprint density at radius 3 is 2.40 bits per heavy atom. The Balaban J connectivity index is 2.08. The SMILES string of the molecule is CCC1(CC)NC(=O)N(CC(=O)Nc2cccc(C(F)(F)F)c2)C1=O. The zero-order chi connectivity index (χ0) is 18.8. The molecule has 4 amide bonds. The van der Waals surface area contributed by atoms with Crippen molar-refractivity contribution in [3.63, 3.8) is 0 Å². The summed E-state index contributed by atoms with van der Waals surface area (Å²) in [6, 6.07) is 3.43. The van der Waals surface area contributed by atoms with E-state index in [1.165, 1.54) is 6.07 Å². The van der Waals surface area contributed by atoms with Crippen LogP contribution in [0.1, 0.15) is 32.3 Å². The lowest BCUT2D eigenvalue weighted by Gasteiger charge is -2.23. The van der Waals surface area contributed by atoms with Crippen molar-refractivity contribution in [2.45, 2.75) is 38.4 Å². The van der Waals surface area contributed by atoms with E-state index in [0.29, 0.717) is 12.8 Å². The molecule has 1 aromatic carbocycles. The van der Waals surface area contributed by atoms with Crippen molar-refractivity contribution in [3.8, 4) is 0 Å². The van der Waals surface area contributed by atoms with Gasteiger partial charge in [-0.15, -0.1) is 0 Å². The summed E-state index contributed by atoms with van der Waals surface area (Å²) in [5, 5.41) is 4.85. The normalized spacial score (nSPS) is 16.8. The second-order valence-electron chi connectivity index (χ2n) is 5.74. The van der Waals surface area contributed by atoms with Gasteiger partial charge in [-0.05, 0) is 31.0 Å². The van der Waals surface area contributed by atoms with E-state index in [4.69, 9.17) is 0 Å². The standard InChI is InChI=1S/C16H18F3N3O3/c1-3-15(4-2)13(24)22(14(25)21-15)9-12(23)20-11-7-5-6-10(8-11)16(17,18)19/h5-8H,3-4,9H2,1-2H3,(H,20,23)(H,21,25). The number of nitrogens with zero attached hydrogens (tertiary/aromatic N) is 1. The van der Waals surface area contributed by atoms with Crippen LogP contribution >= 0.6 is 0 Å². The van der Waals surface area contributed by atoms with Gasteiger partial charge in [0.15, 0.2) is 0 Å². The molecule has 2 rings (SSSR count). The maximum atomic E-state index is 12.7. The van der Waals surface area contributed by atoms with Crippen molar-refractivity contribution < 1.29 is 27.6 Å². The summed E-state index contributed by atoms with van der Waals surface area (Å²) >= 11 is 0. The smallest absolute Gasteiger partial charge is 0.325 e. The Labute approximate surface area is 142 Å². The van der Waals surface area contributed by atoms with E-state index < -0.39 is 41.7 Å². The van der Waals surface area contributed by atoms with Gasteiger partial charge in [-0.1, -0.05) is 19.9 Å². The summed E-state index contributed by atoms with van der Waals surface area (Å²) in [6.07, 6.45) is -3.78. The summed E-state index contributed by atoms with van der Waals surface area (Å²) in [5.41, 5.74) is -2.01. The van der Waals surface area contributed by atoms with Crippen LogP contribution in [-0.2, 0) is 15.8 Å². The molecule has 1 saturated heterocycles. The van der Waals surface area contributed by atoms with Crippen LogP contribution < -0.4 is 10.6 Å². The number of rotatable bonds is 5. The van der Waals surface area contributed by atoms with E-state index in [1.807, 2.05) is 0 Å². The van der Waals surface area contributed by atoms with Gasteiger partial charge >= 0.3 is 12.2 Å². The molecule has 0 aromatic heterocycles. The molecular weight excluding hydrogens is 339 g/mol. The van der Waals surface area contributed by atoms with E-state index in [-0.39, 0.29) is 5.69 Å². The van der Waals surface area contributed by atoms with Gasteiger partial charge in [-0.2, -0.15) is 13.2 Å². The van der Waals surface area contributed by atoms with Gasteiger partial charge in [0.05, 0.1) is 5.56 Å². The van der Waals surface area contributed by atoms with Gasteiger partial charge in [-0.25, -0.2) is 4.79 Å². The number of alkyl halides is 3. The Kier molecular flexibility index (Phi) is 5.05. The number of amides is 4. The van der Waals surface area contributed by atoms with Crippen LogP contribution in [0.2, 0.25) is 0 Å². The van der Waals surface area contributed by atoms with Crippen molar-refractivity contribution >= 4 is 23.5 Å². The van der Waals surface area contributed by atoms with Crippen LogP contribution in [0, 0.1) is 0 Å². The number of halogens is 3. The van der Waals surface area contributed by atoms with Crippen LogP contribution in [0.4, 0.5) is 23.7 Å². The highest BCUT2D eigenvalue weighted by atomic mass is 19.4. The van der Waals surface area contributed by atoms with E-state index in [2.05, 4.69) is 10.6 Å². The van der Waals surface area contributed by atoms with Gasteiger partial charge < -0.3 is 10.6 Å². The van der Waals surface area contributed by atoms with Crippen LogP contribution in [0.3, 0.4) is 0 Å². The van der Waals surface area contributed by atoms with Crippen molar-refractivity contribution in [2.75, 3.05) is 11.9 Å². The average Bonchev–Trinajstić information content (AvgIpc) is 2.79. The number of nitrogens with one attached hydrogen (secondary N) is 2. The number of urea groups is 1. The van der Waals surface area contributed by atoms with Crippen LogP contribution in [0.25, 0.3) is 0 Å². The van der Waals surface area contributed by atoms with Crippen LogP contribution in [0.5, 0.6) is 0 Å². The molecular formula is C16H18F3N3O3. The number of hydrogen-bond acceptors (Lipinski definition) is 3. The van der Waals surface area contributed by atoms with Crippen molar-refractivity contribution in [2.24, 2.45) is 0 Å². The molecule has 1 aromatic rings. The molecule has 1 aliphatic heterocycles. The average molecular weight is 357 g/mol. The lowest BCUT2D eigenvalue weighted by atomic mass is 9.93. The van der Waals surface area contributed by atoms with E-state index in [9.17, 15) is 27.6 Å². The number of carbonyl (C=O) groups excluding carboxylic acids is 3. The molecule has 0 saturated carbocycles. The number of hydrogen-bond donors (Lipinski definition) is 2. The summed E-state index contributed by atoms with van der Waals surface area (Å²) in [4.78, 5) is 37.2. The second-order valence-corrected chi connectivity index (χ2v) is 5.74. The maximum Gasteiger partial charge on any atom is 0.416 e. The van der Waals surface area contributed by atoms with Crippen molar-refractivity contribution in [1.29, 1.82) is 0 Å². The molecule has 6 nitrogen and oxygen atoms in total. The first-order chi connectivity index (χ1) is 11.6. The number of carbonyl (C=O) groups is 3. The molecule has 0 bridgehead atoms. The zero-order valence-electron chi connectivity index (χ0n) is 13.7. The number of benzene rings is 1. The predicted molar refractivity (Wildman–Crippen MR) is 83.6 cm³/mol. The number of imide groups is 1. The first-order valence-corrected chi connectivity index (χ1v) is 7.74. The first-order valence-electron chi connectivity index (χ1n) is 7.74. The zero-order valence-corrected chi connectivity index (χ0v) is 13.7. The van der Waals surface area contributed by atoms with Gasteiger partial charge in [0.2, 0.25) is 5.91 Å². The molecule has 2 N–H and O–H groups in total. The topological polar surface area (TPSA) is 78.5 Å². The molecule has 25 heavy (non-hydrogen) atoms. The largest absolute Gasteiger partial charge is 0.416 e. The van der Waals surface area contributed by atoms with Crippen molar-refractivity contribution in [3.05, 3.63) is 29.8 Å². The van der Waals surface area contributed by atoms with Crippen LogP contribution in [-0.4, -0.2) is 34.8 Å². The minimum Gasteiger partial charge on any atom is -0.325 e. The van der Waals surface area contributed by atoms with Crippen LogP contribution in [0.15, 0.2) is 24.3 Å². The molecule has 0 atom stereocenters. The fourth-order valence-electron chi connectivity index (χ4n) is 2.67. The van der Waals surface area contributed by atoms with Gasteiger partial charge in [0.1, 0.15) is 12.1 Å². The minimum atomic E-state index is -4.53. The highest BCUT2D eigenvalue weighted by molar-refractivity contribution is 6.10. The Bertz CT molecular complexity index is 699. The molecule has 0 aliphatic carbocycles. The summed E-state index contributed by atoms with van der Waals surface area (Å²) in [7, 11) is 0. The summed E-state index contributed by atoms with van der Waals surface area (Å²) in [6.45, 7) is 2.92.